The molecule has 2 atom stereocenters. The third-order valence-corrected chi connectivity index (χ3v) is 3.23. The fraction of sp³-hybridized carbons (Fsp3) is 0.615. The van der Waals surface area contributed by atoms with Gasteiger partial charge in [0, 0.05) is 19.3 Å². The minimum Gasteiger partial charge on any atom is -0.389 e. The lowest BCUT2D eigenvalue weighted by molar-refractivity contribution is 0.199. The first-order valence-electron chi connectivity index (χ1n) is 6.06. The van der Waals surface area contributed by atoms with E-state index in [1.54, 1.807) is 13.1 Å². The summed E-state index contributed by atoms with van der Waals surface area (Å²) in [5, 5.41) is 9.41. The Kier molecular flexibility index (Phi) is 3.44. The summed E-state index contributed by atoms with van der Waals surface area (Å²) < 4.78 is 0. The molecule has 88 valence electrons. The topological polar surface area (TPSA) is 36.4 Å². The first-order chi connectivity index (χ1) is 7.66. The standard InChI is InChI=1S/C13H20N2O/c1-10-4-3-7-15(9-10)13-6-5-12(8-14-13)11(2)16/h5-6,8,10-11,16H,3-4,7,9H2,1-2H3/t10?,11-/m1/s1. The van der Waals surface area contributed by atoms with Crippen molar-refractivity contribution >= 4 is 5.82 Å². The molecule has 0 amide bonds. The fourth-order valence-electron chi connectivity index (χ4n) is 2.23. The molecule has 0 spiro atoms. The summed E-state index contributed by atoms with van der Waals surface area (Å²) in [5.41, 5.74) is 0.883. The number of nitrogens with zero attached hydrogens (tertiary/aromatic N) is 2. The number of hydrogen-bond acceptors (Lipinski definition) is 3. The summed E-state index contributed by atoms with van der Waals surface area (Å²) >= 11 is 0. The van der Waals surface area contributed by atoms with E-state index in [1.807, 2.05) is 12.1 Å². The predicted octanol–water partition coefficient (Wildman–Crippen LogP) is 2.37. The molecule has 1 fully saturated rings. The Morgan fingerprint density at radius 2 is 2.31 bits per heavy atom. The zero-order chi connectivity index (χ0) is 11.5. The van der Waals surface area contributed by atoms with Crippen LogP contribution in [0.2, 0.25) is 0 Å². The number of aliphatic hydroxyl groups excluding tert-OH is 1. The second-order valence-electron chi connectivity index (χ2n) is 4.82. The molecule has 16 heavy (non-hydrogen) atoms. The number of pyridine rings is 1. The van der Waals surface area contributed by atoms with Gasteiger partial charge in [-0.25, -0.2) is 4.98 Å². The maximum Gasteiger partial charge on any atom is 0.128 e. The van der Waals surface area contributed by atoms with Gasteiger partial charge in [-0.2, -0.15) is 0 Å². The van der Waals surface area contributed by atoms with E-state index >= 15 is 0 Å². The van der Waals surface area contributed by atoms with E-state index in [1.165, 1.54) is 12.8 Å². The number of aromatic nitrogens is 1. The van der Waals surface area contributed by atoms with Crippen LogP contribution in [0.15, 0.2) is 18.3 Å². The molecule has 1 unspecified atom stereocenters. The van der Waals surface area contributed by atoms with E-state index in [0.29, 0.717) is 0 Å². The summed E-state index contributed by atoms with van der Waals surface area (Å²) in [6, 6.07) is 3.98. The third kappa shape index (κ3) is 2.53. The Morgan fingerprint density at radius 1 is 1.50 bits per heavy atom. The molecule has 1 aromatic rings. The van der Waals surface area contributed by atoms with E-state index in [-0.39, 0.29) is 0 Å². The first kappa shape index (κ1) is 11.4. The van der Waals surface area contributed by atoms with Gasteiger partial charge in [0.05, 0.1) is 6.10 Å². The van der Waals surface area contributed by atoms with Gasteiger partial charge in [-0.15, -0.1) is 0 Å². The Balaban J connectivity index is 2.09. The highest BCUT2D eigenvalue weighted by molar-refractivity contribution is 5.40. The molecule has 1 aliphatic rings. The van der Waals surface area contributed by atoms with E-state index < -0.39 is 6.10 Å². The Labute approximate surface area is 97.1 Å². The summed E-state index contributed by atoms with van der Waals surface area (Å²) in [5.74, 6) is 1.79. The van der Waals surface area contributed by atoms with Crippen molar-refractivity contribution in [3.63, 3.8) is 0 Å². The summed E-state index contributed by atoms with van der Waals surface area (Å²) in [4.78, 5) is 6.76. The van der Waals surface area contributed by atoms with Gasteiger partial charge in [0.1, 0.15) is 5.82 Å². The molecule has 0 aliphatic carbocycles. The first-order valence-corrected chi connectivity index (χ1v) is 6.06. The van der Waals surface area contributed by atoms with Crippen molar-refractivity contribution in [2.75, 3.05) is 18.0 Å². The van der Waals surface area contributed by atoms with Crippen molar-refractivity contribution in [2.45, 2.75) is 32.8 Å². The zero-order valence-corrected chi connectivity index (χ0v) is 10.1. The molecule has 1 N–H and O–H groups in total. The molecule has 1 saturated heterocycles. The van der Waals surface area contributed by atoms with Crippen molar-refractivity contribution in [2.24, 2.45) is 5.92 Å². The van der Waals surface area contributed by atoms with Gasteiger partial charge in [-0.3, -0.25) is 0 Å². The SMILES string of the molecule is CC1CCCN(c2ccc([C@@H](C)O)cn2)C1. The van der Waals surface area contributed by atoms with Gasteiger partial charge in [0.15, 0.2) is 0 Å². The highest BCUT2D eigenvalue weighted by Gasteiger charge is 2.17. The second kappa shape index (κ2) is 4.83. The monoisotopic (exact) mass is 220 g/mol. The van der Waals surface area contributed by atoms with Crippen LogP contribution in [0.4, 0.5) is 5.82 Å². The minimum atomic E-state index is -0.429. The summed E-state index contributed by atoms with van der Waals surface area (Å²) in [6.07, 6.45) is 3.92. The van der Waals surface area contributed by atoms with Crippen molar-refractivity contribution in [1.29, 1.82) is 0 Å². The lowest BCUT2D eigenvalue weighted by Gasteiger charge is -2.31. The smallest absolute Gasteiger partial charge is 0.128 e. The average Bonchev–Trinajstić information content (AvgIpc) is 2.29. The number of piperidine rings is 1. The largest absolute Gasteiger partial charge is 0.389 e. The van der Waals surface area contributed by atoms with Crippen molar-refractivity contribution in [3.05, 3.63) is 23.9 Å². The molecule has 0 bridgehead atoms. The minimum absolute atomic E-state index is 0.429. The molecular weight excluding hydrogens is 200 g/mol. The second-order valence-corrected chi connectivity index (χ2v) is 4.82. The fourth-order valence-corrected chi connectivity index (χ4v) is 2.23. The van der Waals surface area contributed by atoms with Crippen LogP contribution >= 0.6 is 0 Å². The molecule has 2 rings (SSSR count). The Morgan fingerprint density at radius 3 is 2.88 bits per heavy atom. The van der Waals surface area contributed by atoms with Crippen LogP contribution in [-0.2, 0) is 0 Å². The van der Waals surface area contributed by atoms with Crippen LogP contribution in [-0.4, -0.2) is 23.2 Å². The normalized spacial score (nSPS) is 23.2. The Hall–Kier alpha value is -1.09. The molecule has 0 saturated carbocycles. The van der Waals surface area contributed by atoms with Crippen LogP contribution in [0.25, 0.3) is 0 Å². The molecule has 1 aliphatic heterocycles. The summed E-state index contributed by atoms with van der Waals surface area (Å²) in [6.45, 7) is 6.25. The number of anilines is 1. The van der Waals surface area contributed by atoms with Gasteiger partial charge < -0.3 is 10.0 Å². The van der Waals surface area contributed by atoms with Crippen molar-refractivity contribution < 1.29 is 5.11 Å². The van der Waals surface area contributed by atoms with Crippen LogP contribution in [0, 0.1) is 5.92 Å². The van der Waals surface area contributed by atoms with E-state index in [0.717, 1.165) is 30.4 Å². The average molecular weight is 220 g/mol. The molecular formula is C13H20N2O. The molecule has 0 aromatic carbocycles. The van der Waals surface area contributed by atoms with Crippen LogP contribution in [0.1, 0.15) is 38.4 Å². The predicted molar refractivity (Wildman–Crippen MR) is 65.5 cm³/mol. The highest BCUT2D eigenvalue weighted by atomic mass is 16.3. The number of rotatable bonds is 2. The molecule has 2 heterocycles. The Bertz CT molecular complexity index is 334. The van der Waals surface area contributed by atoms with Crippen LogP contribution < -0.4 is 4.90 Å². The van der Waals surface area contributed by atoms with Crippen molar-refractivity contribution in [1.82, 2.24) is 4.98 Å². The van der Waals surface area contributed by atoms with Gasteiger partial charge >= 0.3 is 0 Å². The molecule has 0 radical (unpaired) electrons. The maximum absolute atomic E-state index is 9.41. The number of hydrogen-bond donors (Lipinski definition) is 1. The lowest BCUT2D eigenvalue weighted by Crippen LogP contribution is -2.34. The van der Waals surface area contributed by atoms with Gasteiger partial charge in [-0.05, 0) is 37.3 Å². The highest BCUT2D eigenvalue weighted by Crippen LogP contribution is 2.22. The van der Waals surface area contributed by atoms with E-state index in [9.17, 15) is 5.11 Å². The maximum atomic E-state index is 9.41. The third-order valence-electron chi connectivity index (χ3n) is 3.23. The summed E-state index contributed by atoms with van der Waals surface area (Å²) in [7, 11) is 0. The van der Waals surface area contributed by atoms with Gasteiger partial charge in [0.25, 0.3) is 0 Å². The van der Waals surface area contributed by atoms with Crippen LogP contribution in [0.5, 0.6) is 0 Å². The molecule has 1 aromatic heterocycles. The zero-order valence-electron chi connectivity index (χ0n) is 10.1. The van der Waals surface area contributed by atoms with E-state index in [4.69, 9.17) is 0 Å². The van der Waals surface area contributed by atoms with Gasteiger partial charge in [0.2, 0.25) is 0 Å². The lowest BCUT2D eigenvalue weighted by atomic mass is 10.0. The van der Waals surface area contributed by atoms with E-state index in [2.05, 4.69) is 16.8 Å². The van der Waals surface area contributed by atoms with Crippen molar-refractivity contribution in [3.8, 4) is 0 Å². The van der Waals surface area contributed by atoms with Gasteiger partial charge in [-0.1, -0.05) is 13.0 Å². The molecule has 3 nitrogen and oxygen atoms in total. The molecule has 3 heteroatoms. The quantitative estimate of drug-likeness (QED) is 0.831. The van der Waals surface area contributed by atoms with Crippen LogP contribution in [0.3, 0.4) is 0 Å². The number of aliphatic hydroxyl groups is 1.